The Morgan fingerprint density at radius 1 is 0.967 bits per heavy atom. The topological polar surface area (TPSA) is 77.1 Å². The highest BCUT2D eigenvalue weighted by Gasteiger charge is 2.24. The zero-order chi connectivity index (χ0) is 21.2. The minimum absolute atomic E-state index is 0.0274. The summed E-state index contributed by atoms with van der Waals surface area (Å²) in [5.74, 6) is 1.21. The summed E-state index contributed by atoms with van der Waals surface area (Å²) in [7, 11) is 0. The highest BCUT2D eigenvalue weighted by atomic mass is 16.6. The van der Waals surface area contributed by atoms with E-state index in [1.807, 2.05) is 49.4 Å². The van der Waals surface area contributed by atoms with E-state index in [4.69, 9.17) is 14.2 Å². The predicted molar refractivity (Wildman–Crippen MR) is 112 cm³/mol. The molecule has 0 unspecified atom stereocenters. The molecule has 1 N–H and O–H groups in total. The Morgan fingerprint density at radius 3 is 2.23 bits per heavy atom. The number of carbonyl (C=O) groups excluding carboxylic acids is 2. The van der Waals surface area contributed by atoms with E-state index >= 15 is 0 Å². The first-order chi connectivity index (χ1) is 14.6. The standard InChI is InChI=1S/C23H28N2O5/c1-2-28-20-8-10-21(11-9-20)29-17-22(26)24-19-12-14-25(15-13-19)23(27)30-16-18-6-4-3-5-7-18/h3-11,19H,2,12-17H2,1H3,(H,24,26). The lowest BCUT2D eigenvalue weighted by molar-refractivity contribution is -0.124. The molecule has 7 nitrogen and oxygen atoms in total. The van der Waals surface area contributed by atoms with Gasteiger partial charge < -0.3 is 24.4 Å². The Hall–Kier alpha value is -3.22. The van der Waals surface area contributed by atoms with Crippen molar-refractivity contribution in [3.05, 3.63) is 60.2 Å². The van der Waals surface area contributed by atoms with Gasteiger partial charge in [0.05, 0.1) is 6.61 Å². The summed E-state index contributed by atoms with van der Waals surface area (Å²) in [4.78, 5) is 26.1. The van der Waals surface area contributed by atoms with Crippen LogP contribution in [0.2, 0.25) is 0 Å². The number of piperidine rings is 1. The number of benzene rings is 2. The molecule has 0 radical (unpaired) electrons. The van der Waals surface area contributed by atoms with Gasteiger partial charge in [0.1, 0.15) is 18.1 Å². The molecule has 1 aliphatic heterocycles. The molecule has 0 bridgehead atoms. The molecular weight excluding hydrogens is 384 g/mol. The van der Waals surface area contributed by atoms with Crippen LogP contribution >= 0.6 is 0 Å². The monoisotopic (exact) mass is 412 g/mol. The van der Waals surface area contributed by atoms with Gasteiger partial charge in [-0.25, -0.2) is 4.79 Å². The Kier molecular flexibility index (Phi) is 7.94. The third kappa shape index (κ3) is 6.69. The van der Waals surface area contributed by atoms with E-state index in [9.17, 15) is 9.59 Å². The number of hydrogen-bond donors (Lipinski definition) is 1. The van der Waals surface area contributed by atoms with Crippen LogP contribution in [0.1, 0.15) is 25.3 Å². The van der Waals surface area contributed by atoms with E-state index in [1.165, 1.54) is 0 Å². The predicted octanol–water partition coefficient (Wildman–Crippen LogP) is 3.38. The molecule has 30 heavy (non-hydrogen) atoms. The number of nitrogens with zero attached hydrogens (tertiary/aromatic N) is 1. The van der Waals surface area contributed by atoms with Crippen molar-refractivity contribution in [2.45, 2.75) is 32.4 Å². The van der Waals surface area contributed by atoms with Gasteiger partial charge in [-0.1, -0.05) is 30.3 Å². The van der Waals surface area contributed by atoms with Crippen LogP contribution in [0.4, 0.5) is 4.79 Å². The maximum Gasteiger partial charge on any atom is 0.410 e. The number of amides is 2. The fourth-order valence-electron chi connectivity index (χ4n) is 3.23. The van der Waals surface area contributed by atoms with Crippen LogP contribution in [0, 0.1) is 0 Å². The first-order valence-corrected chi connectivity index (χ1v) is 10.2. The molecule has 2 aromatic rings. The number of ether oxygens (including phenoxy) is 3. The van der Waals surface area contributed by atoms with Gasteiger partial charge in [0.15, 0.2) is 6.61 Å². The lowest BCUT2D eigenvalue weighted by Gasteiger charge is -2.31. The molecule has 0 saturated carbocycles. The van der Waals surface area contributed by atoms with E-state index in [2.05, 4.69) is 5.32 Å². The van der Waals surface area contributed by atoms with Crippen molar-refractivity contribution in [2.75, 3.05) is 26.3 Å². The van der Waals surface area contributed by atoms with Crippen LogP contribution < -0.4 is 14.8 Å². The molecule has 2 aromatic carbocycles. The van der Waals surface area contributed by atoms with Crippen molar-refractivity contribution < 1.29 is 23.8 Å². The van der Waals surface area contributed by atoms with Crippen LogP contribution in [0.15, 0.2) is 54.6 Å². The summed E-state index contributed by atoms with van der Waals surface area (Å²) in [5.41, 5.74) is 0.959. The summed E-state index contributed by atoms with van der Waals surface area (Å²) in [6.45, 7) is 3.85. The fraction of sp³-hybridized carbons (Fsp3) is 0.391. The van der Waals surface area contributed by atoms with Gasteiger partial charge in [-0.05, 0) is 49.6 Å². The third-order valence-corrected chi connectivity index (χ3v) is 4.83. The van der Waals surface area contributed by atoms with Gasteiger partial charge in [-0.15, -0.1) is 0 Å². The number of carbonyl (C=O) groups is 2. The Labute approximate surface area is 176 Å². The smallest absolute Gasteiger partial charge is 0.410 e. The maximum atomic E-state index is 12.2. The average Bonchev–Trinajstić information content (AvgIpc) is 2.78. The van der Waals surface area contributed by atoms with Gasteiger partial charge in [0.25, 0.3) is 5.91 Å². The number of hydrogen-bond acceptors (Lipinski definition) is 5. The molecule has 0 aliphatic carbocycles. The van der Waals surface area contributed by atoms with Crippen molar-refractivity contribution >= 4 is 12.0 Å². The zero-order valence-corrected chi connectivity index (χ0v) is 17.2. The normalized spacial score (nSPS) is 14.1. The first kappa shape index (κ1) is 21.5. The summed E-state index contributed by atoms with van der Waals surface area (Å²) in [6, 6.07) is 16.8. The number of likely N-dealkylation sites (tertiary alicyclic amines) is 1. The summed E-state index contributed by atoms with van der Waals surface area (Å²) < 4.78 is 16.3. The van der Waals surface area contributed by atoms with E-state index < -0.39 is 0 Å². The van der Waals surface area contributed by atoms with Crippen LogP contribution in [0.3, 0.4) is 0 Å². The minimum Gasteiger partial charge on any atom is -0.494 e. The van der Waals surface area contributed by atoms with Gasteiger partial charge in [0.2, 0.25) is 0 Å². The number of rotatable bonds is 8. The Balaban J connectivity index is 1.33. The van der Waals surface area contributed by atoms with Gasteiger partial charge in [-0.3, -0.25) is 4.79 Å². The first-order valence-electron chi connectivity index (χ1n) is 10.2. The Bertz CT molecular complexity index is 802. The maximum absolute atomic E-state index is 12.2. The van der Waals surface area contributed by atoms with Crippen LogP contribution in [-0.2, 0) is 16.1 Å². The lowest BCUT2D eigenvalue weighted by Crippen LogP contribution is -2.47. The Morgan fingerprint density at radius 2 is 1.60 bits per heavy atom. The summed E-state index contributed by atoms with van der Waals surface area (Å²) >= 11 is 0. The van der Waals surface area contributed by atoms with Gasteiger partial charge >= 0.3 is 6.09 Å². The molecule has 2 amide bonds. The van der Waals surface area contributed by atoms with Gasteiger partial charge in [-0.2, -0.15) is 0 Å². The molecule has 0 aromatic heterocycles. The molecule has 3 rings (SSSR count). The second-order valence-electron chi connectivity index (χ2n) is 7.06. The van der Waals surface area contributed by atoms with Crippen LogP contribution in [0.25, 0.3) is 0 Å². The van der Waals surface area contributed by atoms with Crippen molar-refractivity contribution in [1.29, 1.82) is 0 Å². The summed E-state index contributed by atoms with van der Waals surface area (Å²) in [5, 5.41) is 2.97. The van der Waals surface area contributed by atoms with Crippen LogP contribution in [0.5, 0.6) is 11.5 Å². The SMILES string of the molecule is CCOc1ccc(OCC(=O)NC2CCN(C(=O)OCc3ccccc3)CC2)cc1. The third-order valence-electron chi connectivity index (χ3n) is 4.83. The molecule has 7 heteroatoms. The molecule has 0 atom stereocenters. The lowest BCUT2D eigenvalue weighted by atomic mass is 10.1. The van der Waals surface area contributed by atoms with Crippen molar-refractivity contribution in [3.8, 4) is 11.5 Å². The fourth-order valence-corrected chi connectivity index (χ4v) is 3.23. The zero-order valence-electron chi connectivity index (χ0n) is 17.2. The van der Waals surface area contributed by atoms with Crippen molar-refractivity contribution in [3.63, 3.8) is 0 Å². The molecular formula is C23H28N2O5. The van der Waals surface area contributed by atoms with Crippen LogP contribution in [-0.4, -0.2) is 49.2 Å². The van der Waals surface area contributed by atoms with Gasteiger partial charge in [0, 0.05) is 19.1 Å². The molecule has 1 saturated heterocycles. The molecule has 1 aliphatic rings. The highest BCUT2D eigenvalue weighted by Crippen LogP contribution is 2.17. The van der Waals surface area contributed by atoms with E-state index in [-0.39, 0.29) is 31.3 Å². The summed E-state index contributed by atoms with van der Waals surface area (Å²) in [6.07, 6.45) is 1.06. The highest BCUT2D eigenvalue weighted by molar-refractivity contribution is 5.78. The van der Waals surface area contributed by atoms with Crippen molar-refractivity contribution in [1.82, 2.24) is 10.2 Å². The van der Waals surface area contributed by atoms with E-state index in [0.717, 1.165) is 11.3 Å². The molecule has 0 spiro atoms. The average molecular weight is 412 g/mol. The molecule has 160 valence electrons. The van der Waals surface area contributed by atoms with Crippen molar-refractivity contribution in [2.24, 2.45) is 0 Å². The molecule has 1 heterocycles. The number of nitrogens with one attached hydrogen (secondary N) is 1. The second kappa shape index (κ2) is 11.1. The largest absolute Gasteiger partial charge is 0.494 e. The minimum atomic E-state index is -0.317. The quantitative estimate of drug-likeness (QED) is 0.719. The second-order valence-corrected chi connectivity index (χ2v) is 7.06. The van der Waals surface area contributed by atoms with E-state index in [0.29, 0.717) is 38.3 Å². The van der Waals surface area contributed by atoms with E-state index in [1.54, 1.807) is 17.0 Å². The molecule has 1 fully saturated rings.